The zero-order valence-corrected chi connectivity index (χ0v) is 7.29. The average molecular weight is 157 g/mol. The third kappa shape index (κ3) is 1.53. The third-order valence-corrected chi connectivity index (χ3v) is 2.18. The second kappa shape index (κ2) is 2.48. The summed E-state index contributed by atoms with van der Waals surface area (Å²) >= 11 is 0. The van der Waals surface area contributed by atoms with Crippen LogP contribution in [0.15, 0.2) is 0 Å². The number of rotatable bonds is 0. The normalized spacial score (nSPS) is 26.4. The summed E-state index contributed by atoms with van der Waals surface area (Å²) in [6, 6.07) is -0.00463. The van der Waals surface area contributed by atoms with Crippen LogP contribution in [0.5, 0.6) is 0 Å². The largest absolute Gasteiger partial charge is 0.286 e. The number of hydrogen-bond donors (Lipinski definition) is 1. The molecule has 3 heteroatoms. The van der Waals surface area contributed by atoms with E-state index in [0.717, 1.165) is 11.5 Å². The van der Waals surface area contributed by atoms with Gasteiger partial charge in [-0.15, -0.1) is 0 Å². The summed E-state index contributed by atoms with van der Waals surface area (Å²) in [6.45, 7) is 6.08. The highest BCUT2D eigenvalue weighted by Crippen LogP contribution is 2.31. The summed E-state index contributed by atoms with van der Waals surface area (Å²) in [5.41, 5.74) is -0.0130. The summed E-state index contributed by atoms with van der Waals surface area (Å²) < 4.78 is 0. The van der Waals surface area contributed by atoms with Gasteiger partial charge in [0.05, 0.1) is 6.04 Å². The molecular weight excluding hydrogens is 142 g/mol. The van der Waals surface area contributed by atoms with Gasteiger partial charge in [0.1, 0.15) is 0 Å². The summed E-state index contributed by atoms with van der Waals surface area (Å²) in [7, 11) is 0. The van der Waals surface area contributed by atoms with Crippen LogP contribution in [0.3, 0.4) is 0 Å². The lowest BCUT2D eigenvalue weighted by Crippen LogP contribution is -2.38. The highest BCUT2D eigenvalue weighted by Gasteiger charge is 2.37. The first-order valence-electron chi connectivity index (χ1n) is 3.94. The molecule has 1 fully saturated rings. The minimum atomic E-state index is -0.148. The Kier molecular flexibility index (Phi) is 1.92. The van der Waals surface area contributed by atoms with E-state index in [1.807, 2.05) is 20.8 Å². The van der Waals surface area contributed by atoms with Crippen molar-refractivity contribution in [3.63, 3.8) is 0 Å². The molecule has 0 bridgehead atoms. The van der Waals surface area contributed by atoms with Crippen LogP contribution in [0.25, 0.3) is 0 Å². The predicted molar refractivity (Wildman–Crippen MR) is 41.1 cm³/mol. The van der Waals surface area contributed by atoms with Crippen molar-refractivity contribution < 1.29 is 10.0 Å². The van der Waals surface area contributed by atoms with Gasteiger partial charge in [0.15, 0.2) is 0 Å². The third-order valence-electron chi connectivity index (χ3n) is 2.18. The molecular formula is C8H15NO2. The molecule has 0 saturated carbocycles. The molecule has 1 heterocycles. The second-order valence-electron chi connectivity index (χ2n) is 4.16. The summed E-state index contributed by atoms with van der Waals surface area (Å²) in [6.07, 6.45) is 1.26. The molecule has 3 nitrogen and oxygen atoms in total. The lowest BCUT2D eigenvalue weighted by Gasteiger charge is -2.30. The fourth-order valence-corrected chi connectivity index (χ4v) is 1.47. The van der Waals surface area contributed by atoms with E-state index in [-0.39, 0.29) is 17.4 Å². The Labute approximate surface area is 67.0 Å². The maximum Gasteiger partial charge on any atom is 0.246 e. The van der Waals surface area contributed by atoms with Gasteiger partial charge in [-0.1, -0.05) is 20.8 Å². The first kappa shape index (κ1) is 8.53. The Morgan fingerprint density at radius 1 is 1.55 bits per heavy atom. The molecule has 0 radical (unpaired) electrons. The monoisotopic (exact) mass is 157 g/mol. The number of amides is 1. The molecule has 1 atom stereocenters. The number of carbonyl (C=O) groups is 1. The fourth-order valence-electron chi connectivity index (χ4n) is 1.47. The van der Waals surface area contributed by atoms with Crippen LogP contribution in [0.1, 0.15) is 33.6 Å². The van der Waals surface area contributed by atoms with E-state index in [1.54, 1.807) is 0 Å². The molecule has 0 aromatic heterocycles. The van der Waals surface area contributed by atoms with Crippen LogP contribution in [0.4, 0.5) is 0 Å². The molecule has 1 rings (SSSR count). The van der Waals surface area contributed by atoms with E-state index in [1.165, 1.54) is 0 Å². The highest BCUT2D eigenvalue weighted by atomic mass is 16.5. The topological polar surface area (TPSA) is 40.5 Å². The van der Waals surface area contributed by atoms with Crippen LogP contribution in [0.2, 0.25) is 0 Å². The standard InChI is InChI=1S/C8H15NO2/c1-8(2,3)6-4-5-7(10)9(6)11/h6,11H,4-5H2,1-3H3. The summed E-state index contributed by atoms with van der Waals surface area (Å²) in [5, 5.41) is 10.2. The van der Waals surface area contributed by atoms with Crippen molar-refractivity contribution >= 4 is 5.91 Å². The van der Waals surface area contributed by atoms with Gasteiger partial charge < -0.3 is 0 Å². The maximum atomic E-state index is 10.9. The molecule has 0 aliphatic carbocycles. The molecule has 11 heavy (non-hydrogen) atoms. The zero-order chi connectivity index (χ0) is 8.65. The molecule has 1 aliphatic rings. The second-order valence-corrected chi connectivity index (χ2v) is 4.16. The molecule has 0 spiro atoms. The molecule has 1 amide bonds. The van der Waals surface area contributed by atoms with E-state index < -0.39 is 0 Å². The van der Waals surface area contributed by atoms with Crippen molar-refractivity contribution in [3.05, 3.63) is 0 Å². The van der Waals surface area contributed by atoms with E-state index in [9.17, 15) is 10.0 Å². The molecule has 1 N–H and O–H groups in total. The van der Waals surface area contributed by atoms with E-state index in [0.29, 0.717) is 6.42 Å². The van der Waals surface area contributed by atoms with E-state index >= 15 is 0 Å². The van der Waals surface area contributed by atoms with Crippen molar-refractivity contribution in [1.82, 2.24) is 5.06 Å². The molecule has 0 aromatic rings. The summed E-state index contributed by atoms with van der Waals surface area (Å²) in [5.74, 6) is -0.148. The first-order chi connectivity index (χ1) is 4.93. The number of nitrogens with zero attached hydrogens (tertiary/aromatic N) is 1. The van der Waals surface area contributed by atoms with Gasteiger partial charge in [-0.05, 0) is 11.8 Å². The lowest BCUT2D eigenvalue weighted by molar-refractivity contribution is -0.172. The van der Waals surface area contributed by atoms with Gasteiger partial charge in [-0.25, -0.2) is 5.06 Å². The van der Waals surface area contributed by atoms with Crippen molar-refractivity contribution in [3.8, 4) is 0 Å². The van der Waals surface area contributed by atoms with Crippen molar-refractivity contribution in [1.29, 1.82) is 0 Å². The van der Waals surface area contributed by atoms with Gasteiger partial charge >= 0.3 is 0 Å². The lowest BCUT2D eigenvalue weighted by atomic mass is 9.86. The molecule has 64 valence electrons. The Morgan fingerprint density at radius 3 is 2.27 bits per heavy atom. The van der Waals surface area contributed by atoms with Crippen LogP contribution in [0, 0.1) is 5.41 Å². The Morgan fingerprint density at radius 2 is 2.09 bits per heavy atom. The molecule has 1 unspecified atom stereocenters. The van der Waals surface area contributed by atoms with Gasteiger partial charge in [-0.2, -0.15) is 0 Å². The zero-order valence-electron chi connectivity index (χ0n) is 7.29. The fraction of sp³-hybridized carbons (Fsp3) is 0.875. The van der Waals surface area contributed by atoms with E-state index in [4.69, 9.17) is 0 Å². The number of carbonyl (C=O) groups excluding carboxylic acids is 1. The first-order valence-corrected chi connectivity index (χ1v) is 3.94. The van der Waals surface area contributed by atoms with Gasteiger partial charge in [0.2, 0.25) is 5.91 Å². The molecule has 1 aliphatic heterocycles. The molecule has 1 saturated heterocycles. The number of hydrogen-bond acceptors (Lipinski definition) is 2. The highest BCUT2D eigenvalue weighted by molar-refractivity contribution is 5.77. The molecule has 0 aromatic carbocycles. The van der Waals surface area contributed by atoms with E-state index in [2.05, 4.69) is 0 Å². The van der Waals surface area contributed by atoms with Crippen LogP contribution in [-0.2, 0) is 4.79 Å². The maximum absolute atomic E-state index is 10.9. The van der Waals surface area contributed by atoms with Crippen molar-refractivity contribution in [2.45, 2.75) is 39.7 Å². The van der Waals surface area contributed by atoms with Gasteiger partial charge in [-0.3, -0.25) is 10.0 Å². The van der Waals surface area contributed by atoms with Crippen molar-refractivity contribution in [2.24, 2.45) is 5.41 Å². The average Bonchev–Trinajstić information content (AvgIpc) is 2.11. The van der Waals surface area contributed by atoms with Gasteiger partial charge in [0.25, 0.3) is 0 Å². The Bertz CT molecular complexity index is 171. The quantitative estimate of drug-likeness (QED) is 0.540. The summed E-state index contributed by atoms with van der Waals surface area (Å²) in [4.78, 5) is 10.9. The SMILES string of the molecule is CC(C)(C)C1CCC(=O)N1O. The smallest absolute Gasteiger partial charge is 0.246 e. The predicted octanol–water partition coefficient (Wildman–Crippen LogP) is 1.41. The minimum Gasteiger partial charge on any atom is -0.286 e. The van der Waals surface area contributed by atoms with Gasteiger partial charge in [0, 0.05) is 6.42 Å². The van der Waals surface area contributed by atoms with Crippen LogP contribution < -0.4 is 0 Å². The van der Waals surface area contributed by atoms with Crippen LogP contribution in [-0.4, -0.2) is 22.2 Å². The Balaban J connectivity index is 2.70. The van der Waals surface area contributed by atoms with Crippen molar-refractivity contribution in [2.75, 3.05) is 0 Å². The Hall–Kier alpha value is -0.570. The minimum absolute atomic E-state index is 0.00463. The number of hydroxylamine groups is 2. The van der Waals surface area contributed by atoms with Crippen LogP contribution >= 0.6 is 0 Å².